The number of nitrogens with zero attached hydrogens (tertiary/aromatic N) is 1. The number of anilines is 1. The van der Waals surface area contributed by atoms with Gasteiger partial charge in [0.1, 0.15) is 5.82 Å². The second-order valence-corrected chi connectivity index (χ2v) is 4.86. The fourth-order valence-corrected chi connectivity index (χ4v) is 2.48. The summed E-state index contributed by atoms with van der Waals surface area (Å²) in [5, 5.41) is 4.61. The summed E-state index contributed by atoms with van der Waals surface area (Å²) in [6.45, 7) is 0. The normalized spacial score (nSPS) is 10.4. The van der Waals surface area contributed by atoms with Crippen LogP contribution in [-0.4, -0.2) is 10.9 Å². The van der Waals surface area contributed by atoms with Gasteiger partial charge in [-0.25, -0.2) is 9.37 Å². The van der Waals surface area contributed by atoms with Crippen LogP contribution in [0.5, 0.6) is 0 Å². The van der Waals surface area contributed by atoms with E-state index in [1.807, 2.05) is 0 Å². The zero-order valence-corrected chi connectivity index (χ0v) is 11.2. The lowest BCUT2D eigenvalue weighted by molar-refractivity contribution is 0.102. The summed E-state index contributed by atoms with van der Waals surface area (Å²) >= 11 is 12.6. The van der Waals surface area contributed by atoms with Crippen molar-refractivity contribution in [2.24, 2.45) is 0 Å². The highest BCUT2D eigenvalue weighted by Gasteiger charge is 2.16. The van der Waals surface area contributed by atoms with E-state index in [2.05, 4.69) is 10.3 Å². The van der Waals surface area contributed by atoms with Gasteiger partial charge in [0.25, 0.3) is 5.91 Å². The maximum atomic E-state index is 13.5. The van der Waals surface area contributed by atoms with Gasteiger partial charge in [0.15, 0.2) is 5.13 Å². The van der Waals surface area contributed by atoms with E-state index in [0.29, 0.717) is 10.8 Å². The molecular weight excluding hydrogens is 298 g/mol. The SMILES string of the molecule is O=C(Nc1nc(CCl)cs1)c1c(F)cccc1Cl. The summed E-state index contributed by atoms with van der Waals surface area (Å²) < 4.78 is 13.5. The minimum Gasteiger partial charge on any atom is -0.298 e. The number of alkyl halides is 1. The van der Waals surface area contributed by atoms with Crippen LogP contribution >= 0.6 is 34.5 Å². The predicted molar refractivity (Wildman–Crippen MR) is 71.0 cm³/mol. The van der Waals surface area contributed by atoms with Crippen molar-refractivity contribution in [3.05, 3.63) is 45.7 Å². The third kappa shape index (κ3) is 2.80. The van der Waals surface area contributed by atoms with E-state index in [-0.39, 0.29) is 16.5 Å². The lowest BCUT2D eigenvalue weighted by Gasteiger charge is -2.04. The first-order valence-corrected chi connectivity index (χ1v) is 6.66. The first-order valence-electron chi connectivity index (χ1n) is 4.87. The Morgan fingerprint density at radius 2 is 2.28 bits per heavy atom. The van der Waals surface area contributed by atoms with Crippen molar-refractivity contribution in [2.45, 2.75) is 5.88 Å². The van der Waals surface area contributed by atoms with Crippen molar-refractivity contribution < 1.29 is 9.18 Å². The van der Waals surface area contributed by atoms with Gasteiger partial charge in [0.05, 0.1) is 22.2 Å². The molecule has 0 aliphatic rings. The average Bonchev–Trinajstić information content (AvgIpc) is 2.76. The number of halogens is 3. The summed E-state index contributed by atoms with van der Waals surface area (Å²) in [4.78, 5) is 15.9. The highest BCUT2D eigenvalue weighted by molar-refractivity contribution is 7.14. The van der Waals surface area contributed by atoms with E-state index in [1.54, 1.807) is 5.38 Å². The van der Waals surface area contributed by atoms with Crippen molar-refractivity contribution in [3.63, 3.8) is 0 Å². The molecule has 0 aliphatic heterocycles. The number of nitrogens with one attached hydrogen (secondary N) is 1. The Balaban J connectivity index is 2.22. The molecule has 1 N–H and O–H groups in total. The molecule has 7 heteroatoms. The third-order valence-electron chi connectivity index (χ3n) is 2.10. The standard InChI is InChI=1S/C11H7Cl2FN2OS/c12-4-6-5-18-11(15-6)16-10(17)9-7(13)2-1-3-8(9)14/h1-3,5H,4H2,(H,15,16,17). The average molecular weight is 305 g/mol. The molecule has 0 fully saturated rings. The Kier molecular flexibility index (Phi) is 4.16. The van der Waals surface area contributed by atoms with Crippen molar-refractivity contribution in [1.82, 2.24) is 4.98 Å². The van der Waals surface area contributed by atoms with Gasteiger partial charge >= 0.3 is 0 Å². The molecule has 3 nitrogen and oxygen atoms in total. The van der Waals surface area contributed by atoms with E-state index >= 15 is 0 Å². The Bertz CT molecular complexity index is 568. The lowest BCUT2D eigenvalue weighted by atomic mass is 10.2. The maximum Gasteiger partial charge on any atom is 0.261 e. The van der Waals surface area contributed by atoms with Crippen LogP contribution in [-0.2, 0) is 5.88 Å². The van der Waals surface area contributed by atoms with E-state index in [0.717, 1.165) is 0 Å². The molecule has 0 aliphatic carbocycles. The molecule has 2 rings (SSSR count). The van der Waals surface area contributed by atoms with Crippen LogP contribution in [0.1, 0.15) is 16.1 Å². The fraction of sp³-hybridized carbons (Fsp3) is 0.0909. The molecule has 1 amide bonds. The summed E-state index contributed by atoms with van der Waals surface area (Å²) in [7, 11) is 0. The largest absolute Gasteiger partial charge is 0.298 e. The first-order chi connectivity index (χ1) is 8.61. The topological polar surface area (TPSA) is 42.0 Å². The number of amides is 1. The highest BCUT2D eigenvalue weighted by atomic mass is 35.5. The lowest BCUT2D eigenvalue weighted by Crippen LogP contribution is -2.14. The number of benzene rings is 1. The smallest absolute Gasteiger partial charge is 0.261 e. The number of rotatable bonds is 3. The van der Waals surface area contributed by atoms with E-state index in [1.165, 1.54) is 29.5 Å². The van der Waals surface area contributed by atoms with Crippen molar-refractivity contribution in [2.75, 3.05) is 5.32 Å². The number of hydrogen-bond donors (Lipinski definition) is 1. The Labute approximate surface area is 117 Å². The Morgan fingerprint density at radius 1 is 1.50 bits per heavy atom. The van der Waals surface area contributed by atoms with E-state index < -0.39 is 11.7 Å². The van der Waals surface area contributed by atoms with Gasteiger partial charge in [-0.1, -0.05) is 17.7 Å². The number of carbonyl (C=O) groups excluding carboxylic acids is 1. The van der Waals surface area contributed by atoms with Crippen molar-refractivity contribution in [3.8, 4) is 0 Å². The van der Waals surface area contributed by atoms with Crippen LogP contribution in [0, 0.1) is 5.82 Å². The fourth-order valence-electron chi connectivity index (χ4n) is 1.30. The Hall–Kier alpha value is -1.17. The van der Waals surface area contributed by atoms with Gasteiger partial charge < -0.3 is 0 Å². The van der Waals surface area contributed by atoms with Crippen molar-refractivity contribution >= 4 is 45.6 Å². The molecule has 0 atom stereocenters. The zero-order valence-electron chi connectivity index (χ0n) is 8.91. The number of hydrogen-bond acceptors (Lipinski definition) is 3. The summed E-state index contributed by atoms with van der Waals surface area (Å²) in [5.74, 6) is -1.05. The maximum absolute atomic E-state index is 13.5. The molecule has 2 aromatic rings. The van der Waals surface area contributed by atoms with Gasteiger partial charge in [-0.05, 0) is 12.1 Å². The Morgan fingerprint density at radius 3 is 2.89 bits per heavy atom. The molecule has 0 saturated heterocycles. The molecule has 18 heavy (non-hydrogen) atoms. The summed E-state index contributed by atoms with van der Waals surface area (Å²) in [5.41, 5.74) is 0.457. The van der Waals surface area contributed by atoms with Gasteiger partial charge in [0, 0.05) is 5.38 Å². The monoisotopic (exact) mass is 304 g/mol. The van der Waals surface area contributed by atoms with Crippen LogP contribution in [0.3, 0.4) is 0 Å². The predicted octanol–water partition coefficient (Wildman–Crippen LogP) is 3.93. The van der Waals surface area contributed by atoms with Crippen LogP contribution in [0.4, 0.5) is 9.52 Å². The number of aromatic nitrogens is 1. The van der Waals surface area contributed by atoms with E-state index in [9.17, 15) is 9.18 Å². The van der Waals surface area contributed by atoms with Gasteiger partial charge in [0.2, 0.25) is 0 Å². The quantitative estimate of drug-likeness (QED) is 0.873. The molecule has 1 aromatic carbocycles. The molecular formula is C11H7Cl2FN2OS. The molecule has 1 heterocycles. The van der Waals surface area contributed by atoms with Gasteiger partial charge in [-0.3, -0.25) is 10.1 Å². The van der Waals surface area contributed by atoms with Gasteiger partial charge in [-0.2, -0.15) is 0 Å². The molecule has 1 aromatic heterocycles. The molecule has 0 saturated carbocycles. The molecule has 0 bridgehead atoms. The van der Waals surface area contributed by atoms with E-state index in [4.69, 9.17) is 23.2 Å². The van der Waals surface area contributed by atoms with Crippen LogP contribution in [0.15, 0.2) is 23.6 Å². The van der Waals surface area contributed by atoms with Crippen molar-refractivity contribution in [1.29, 1.82) is 0 Å². The molecule has 0 unspecified atom stereocenters. The molecule has 94 valence electrons. The second kappa shape index (κ2) is 5.65. The number of thiazole rings is 1. The minimum absolute atomic E-state index is 0.0571. The number of carbonyl (C=O) groups is 1. The highest BCUT2D eigenvalue weighted by Crippen LogP contribution is 2.22. The first kappa shape index (κ1) is 13.3. The van der Waals surface area contributed by atoms with Crippen LogP contribution < -0.4 is 5.32 Å². The second-order valence-electron chi connectivity index (χ2n) is 3.33. The third-order valence-corrected chi connectivity index (χ3v) is 3.49. The van der Waals surface area contributed by atoms with Crippen LogP contribution in [0.2, 0.25) is 5.02 Å². The van der Waals surface area contributed by atoms with Crippen LogP contribution in [0.25, 0.3) is 0 Å². The molecule has 0 spiro atoms. The zero-order chi connectivity index (χ0) is 13.1. The summed E-state index contributed by atoms with van der Waals surface area (Å²) in [6, 6.07) is 4.06. The molecule has 0 radical (unpaired) electrons. The van der Waals surface area contributed by atoms with Gasteiger partial charge in [-0.15, -0.1) is 22.9 Å². The summed E-state index contributed by atoms with van der Waals surface area (Å²) in [6.07, 6.45) is 0. The minimum atomic E-state index is -0.672.